The Labute approximate surface area is 103 Å². The van der Waals surface area contributed by atoms with Crippen molar-refractivity contribution in [1.82, 2.24) is 0 Å². The Morgan fingerprint density at radius 2 is 2.41 bits per heavy atom. The summed E-state index contributed by atoms with van der Waals surface area (Å²) in [6.45, 7) is 4.37. The highest BCUT2D eigenvalue weighted by Crippen LogP contribution is 2.51. The summed E-state index contributed by atoms with van der Waals surface area (Å²) in [7, 11) is 1.83. The summed E-state index contributed by atoms with van der Waals surface area (Å²) in [6.07, 6.45) is 12.5. The molecule has 0 spiro atoms. The van der Waals surface area contributed by atoms with Gasteiger partial charge in [-0.15, -0.1) is 6.58 Å². The monoisotopic (exact) mass is 232 g/mol. The second-order valence-electron chi connectivity index (χ2n) is 5.30. The highest BCUT2D eigenvalue weighted by molar-refractivity contribution is 5.37. The molecule has 1 fully saturated rings. The van der Waals surface area contributed by atoms with E-state index < -0.39 is 0 Å². The van der Waals surface area contributed by atoms with Crippen LogP contribution in [-0.4, -0.2) is 25.4 Å². The molecule has 0 aromatic rings. The van der Waals surface area contributed by atoms with E-state index in [1.54, 1.807) is 0 Å². The summed E-state index contributed by atoms with van der Waals surface area (Å²) in [4.78, 5) is 0. The van der Waals surface area contributed by atoms with Crippen molar-refractivity contribution < 1.29 is 9.47 Å². The molecule has 0 saturated heterocycles. The topological polar surface area (TPSA) is 18.5 Å². The predicted octanol–water partition coefficient (Wildman–Crippen LogP) is 2.87. The molecule has 3 rings (SSSR count). The third-order valence-electron chi connectivity index (χ3n) is 4.50. The summed E-state index contributed by atoms with van der Waals surface area (Å²) in [5, 5.41) is 0. The molecular formula is C15H20O2. The van der Waals surface area contributed by atoms with Crippen molar-refractivity contribution in [3.05, 3.63) is 36.5 Å². The molecule has 0 radical (unpaired) electrons. The molecule has 92 valence electrons. The lowest BCUT2D eigenvalue weighted by Crippen LogP contribution is -2.47. The number of hydrogen-bond donors (Lipinski definition) is 0. The van der Waals surface area contributed by atoms with E-state index in [1.165, 1.54) is 12.0 Å². The molecule has 0 N–H and O–H groups in total. The Kier molecular flexibility index (Phi) is 2.72. The van der Waals surface area contributed by atoms with Crippen molar-refractivity contribution in [2.45, 2.75) is 31.0 Å². The fourth-order valence-electron chi connectivity index (χ4n) is 3.48. The van der Waals surface area contributed by atoms with E-state index in [0.29, 0.717) is 24.5 Å². The highest BCUT2D eigenvalue weighted by Gasteiger charge is 2.49. The number of methoxy groups -OCH3 is 1. The molecule has 4 unspecified atom stereocenters. The average Bonchev–Trinajstić information content (AvgIpc) is 2.71. The second-order valence-corrected chi connectivity index (χ2v) is 5.30. The van der Waals surface area contributed by atoms with E-state index in [2.05, 4.69) is 24.8 Å². The van der Waals surface area contributed by atoms with Gasteiger partial charge in [-0.2, -0.15) is 0 Å². The molecule has 17 heavy (non-hydrogen) atoms. The van der Waals surface area contributed by atoms with Crippen LogP contribution >= 0.6 is 0 Å². The molecular weight excluding hydrogens is 212 g/mol. The SMILES string of the molecule is C=CCOC1CCC2CC3(OC)C=CC3C=C21. The summed E-state index contributed by atoms with van der Waals surface area (Å²) >= 11 is 0. The molecule has 2 heteroatoms. The van der Waals surface area contributed by atoms with Crippen LogP contribution in [0.25, 0.3) is 0 Å². The normalized spacial score (nSPS) is 42.4. The highest BCUT2D eigenvalue weighted by atomic mass is 16.5. The predicted molar refractivity (Wildman–Crippen MR) is 67.7 cm³/mol. The van der Waals surface area contributed by atoms with Gasteiger partial charge in [0.25, 0.3) is 0 Å². The maximum absolute atomic E-state index is 5.84. The van der Waals surface area contributed by atoms with Crippen LogP contribution in [0.3, 0.4) is 0 Å². The smallest absolute Gasteiger partial charge is 0.0961 e. The van der Waals surface area contributed by atoms with Gasteiger partial charge in [0, 0.05) is 13.0 Å². The molecule has 0 aromatic heterocycles. The van der Waals surface area contributed by atoms with Crippen LogP contribution in [0.4, 0.5) is 0 Å². The number of hydrogen-bond acceptors (Lipinski definition) is 2. The molecule has 3 aliphatic carbocycles. The van der Waals surface area contributed by atoms with Crippen molar-refractivity contribution in [2.24, 2.45) is 11.8 Å². The van der Waals surface area contributed by atoms with Gasteiger partial charge in [-0.1, -0.05) is 24.3 Å². The van der Waals surface area contributed by atoms with Gasteiger partial charge in [0.2, 0.25) is 0 Å². The van der Waals surface area contributed by atoms with Crippen LogP contribution in [0.5, 0.6) is 0 Å². The molecule has 3 aliphatic rings. The third kappa shape index (κ3) is 1.62. The minimum Gasteiger partial charge on any atom is -0.373 e. The lowest BCUT2D eigenvalue weighted by Gasteiger charge is -2.46. The Balaban J connectivity index is 1.79. The standard InChI is InChI=1S/C15H20O2/c1-3-8-17-14-5-4-11-10-15(16-2)7-6-12(15)9-13(11)14/h3,6-7,9,11-12,14H,1,4-5,8,10H2,2H3. The van der Waals surface area contributed by atoms with Gasteiger partial charge in [-0.25, -0.2) is 0 Å². The first kappa shape index (κ1) is 11.2. The van der Waals surface area contributed by atoms with Crippen molar-refractivity contribution in [1.29, 1.82) is 0 Å². The first-order valence-electron chi connectivity index (χ1n) is 6.47. The Hall–Kier alpha value is -0.860. The fraction of sp³-hybridized carbons (Fsp3) is 0.600. The summed E-state index contributed by atoms with van der Waals surface area (Å²) in [6, 6.07) is 0. The zero-order valence-corrected chi connectivity index (χ0v) is 10.4. The van der Waals surface area contributed by atoms with Crippen LogP contribution in [0.2, 0.25) is 0 Å². The molecule has 4 atom stereocenters. The number of rotatable bonds is 4. The molecule has 1 saturated carbocycles. The molecule has 0 heterocycles. The first-order valence-corrected chi connectivity index (χ1v) is 6.47. The van der Waals surface area contributed by atoms with Crippen LogP contribution < -0.4 is 0 Å². The minimum absolute atomic E-state index is 0.00148. The minimum atomic E-state index is 0.00148. The van der Waals surface area contributed by atoms with Crippen LogP contribution in [0.1, 0.15) is 19.3 Å². The average molecular weight is 232 g/mol. The first-order chi connectivity index (χ1) is 8.29. The van der Waals surface area contributed by atoms with E-state index in [-0.39, 0.29) is 5.60 Å². The Bertz CT molecular complexity index is 382. The van der Waals surface area contributed by atoms with Crippen LogP contribution in [0, 0.1) is 11.8 Å². The molecule has 0 amide bonds. The Morgan fingerprint density at radius 3 is 3.06 bits per heavy atom. The van der Waals surface area contributed by atoms with Gasteiger partial charge in [-0.05, 0) is 30.8 Å². The third-order valence-corrected chi connectivity index (χ3v) is 4.50. The van der Waals surface area contributed by atoms with Gasteiger partial charge in [-0.3, -0.25) is 0 Å². The van der Waals surface area contributed by atoms with Gasteiger partial charge >= 0.3 is 0 Å². The van der Waals surface area contributed by atoms with Crippen LogP contribution in [0.15, 0.2) is 36.5 Å². The van der Waals surface area contributed by atoms with Crippen molar-refractivity contribution in [3.63, 3.8) is 0 Å². The van der Waals surface area contributed by atoms with Gasteiger partial charge in [0.1, 0.15) is 0 Å². The van der Waals surface area contributed by atoms with E-state index in [0.717, 1.165) is 12.8 Å². The lowest BCUT2D eigenvalue weighted by atomic mass is 9.66. The lowest BCUT2D eigenvalue weighted by molar-refractivity contribution is -0.0281. The second kappa shape index (κ2) is 4.11. The molecule has 0 bridgehead atoms. The summed E-state index contributed by atoms with van der Waals surface area (Å²) < 4.78 is 11.6. The van der Waals surface area contributed by atoms with E-state index in [9.17, 15) is 0 Å². The van der Waals surface area contributed by atoms with Gasteiger partial charge in [0.05, 0.1) is 18.3 Å². The number of fused-ring (bicyclic) bond motifs is 2. The van der Waals surface area contributed by atoms with E-state index in [4.69, 9.17) is 9.47 Å². The summed E-state index contributed by atoms with van der Waals surface area (Å²) in [5.74, 6) is 1.12. The van der Waals surface area contributed by atoms with Crippen molar-refractivity contribution >= 4 is 0 Å². The van der Waals surface area contributed by atoms with Gasteiger partial charge in [0.15, 0.2) is 0 Å². The van der Waals surface area contributed by atoms with Gasteiger partial charge < -0.3 is 9.47 Å². The van der Waals surface area contributed by atoms with Crippen molar-refractivity contribution in [2.75, 3.05) is 13.7 Å². The largest absolute Gasteiger partial charge is 0.373 e. The maximum atomic E-state index is 5.84. The maximum Gasteiger partial charge on any atom is 0.0961 e. The molecule has 2 nitrogen and oxygen atoms in total. The molecule has 0 aliphatic heterocycles. The fourth-order valence-corrected chi connectivity index (χ4v) is 3.48. The summed E-state index contributed by atoms with van der Waals surface area (Å²) in [5.41, 5.74) is 1.51. The zero-order valence-electron chi connectivity index (χ0n) is 10.4. The number of ether oxygens (including phenoxy) is 2. The Morgan fingerprint density at radius 1 is 1.53 bits per heavy atom. The van der Waals surface area contributed by atoms with Crippen molar-refractivity contribution in [3.8, 4) is 0 Å². The van der Waals surface area contributed by atoms with E-state index in [1.807, 2.05) is 13.2 Å². The van der Waals surface area contributed by atoms with Crippen LogP contribution in [-0.2, 0) is 9.47 Å². The van der Waals surface area contributed by atoms with E-state index >= 15 is 0 Å². The zero-order chi connectivity index (χ0) is 11.9. The molecule has 0 aromatic carbocycles. The quantitative estimate of drug-likeness (QED) is 0.694.